The average molecular weight is 369 g/mol. The summed E-state index contributed by atoms with van der Waals surface area (Å²) in [4.78, 5) is 24.8. The highest BCUT2D eigenvalue weighted by atomic mass is 19.3. The summed E-state index contributed by atoms with van der Waals surface area (Å²) in [5.41, 5.74) is 0.209. The monoisotopic (exact) mass is 369 g/mol. The summed E-state index contributed by atoms with van der Waals surface area (Å²) >= 11 is 0. The molecular weight excluding hydrogens is 348 g/mol. The minimum Gasteiger partial charge on any atom is -0.459 e. The maximum absolute atomic E-state index is 14.1. The van der Waals surface area contributed by atoms with Gasteiger partial charge in [0.2, 0.25) is 0 Å². The summed E-state index contributed by atoms with van der Waals surface area (Å²) in [5.74, 6) is -5.91. The molecule has 1 heterocycles. The number of carbonyl (C=O) groups is 2. The number of morpholine rings is 1. The molecule has 1 fully saturated rings. The maximum atomic E-state index is 14.1. The second-order valence-electron chi connectivity index (χ2n) is 5.96. The van der Waals surface area contributed by atoms with Crippen molar-refractivity contribution in [2.24, 2.45) is 0 Å². The van der Waals surface area contributed by atoms with Crippen molar-refractivity contribution in [2.45, 2.75) is 18.4 Å². The zero-order valence-corrected chi connectivity index (χ0v) is 14.2. The van der Waals surface area contributed by atoms with Crippen LogP contribution >= 0.6 is 0 Å². The Morgan fingerprint density at radius 2 is 1.88 bits per heavy atom. The van der Waals surface area contributed by atoms with Crippen molar-refractivity contribution in [1.82, 2.24) is 4.90 Å². The molecule has 0 spiro atoms. The molecule has 1 aliphatic heterocycles. The van der Waals surface area contributed by atoms with Gasteiger partial charge in [0.1, 0.15) is 6.61 Å². The van der Waals surface area contributed by atoms with Crippen LogP contribution in [0.25, 0.3) is 0 Å². The van der Waals surface area contributed by atoms with Crippen molar-refractivity contribution >= 4 is 11.9 Å². The van der Waals surface area contributed by atoms with Gasteiger partial charge < -0.3 is 19.5 Å². The summed E-state index contributed by atoms with van der Waals surface area (Å²) in [5, 5.41) is 9.87. The first kappa shape index (κ1) is 20.0. The number of ether oxygens (including phenoxy) is 2. The molecule has 2 rings (SSSR count). The number of amides is 1. The average Bonchev–Trinajstić information content (AvgIpc) is 2.66. The van der Waals surface area contributed by atoms with Gasteiger partial charge in [0.05, 0.1) is 13.2 Å². The van der Waals surface area contributed by atoms with Gasteiger partial charge in [-0.15, -0.1) is 0 Å². The number of rotatable bonds is 7. The molecule has 1 saturated heterocycles. The fourth-order valence-electron chi connectivity index (χ4n) is 2.46. The zero-order chi connectivity index (χ0) is 19.2. The van der Waals surface area contributed by atoms with Gasteiger partial charge >= 0.3 is 11.9 Å². The van der Waals surface area contributed by atoms with Crippen LogP contribution in [0, 0.1) is 0 Å². The third kappa shape index (κ3) is 5.34. The lowest BCUT2D eigenvalue weighted by Crippen LogP contribution is -2.48. The molecule has 0 unspecified atom stereocenters. The molecule has 1 N–H and O–H groups in total. The number of halogens is 2. The summed E-state index contributed by atoms with van der Waals surface area (Å²) in [6.45, 7) is 3.59. The lowest BCUT2D eigenvalue weighted by molar-refractivity contribution is -0.161. The van der Waals surface area contributed by atoms with Crippen molar-refractivity contribution in [3.8, 4) is 0 Å². The Morgan fingerprint density at radius 1 is 1.27 bits per heavy atom. The molecule has 8 heteroatoms. The van der Waals surface area contributed by atoms with E-state index in [0.29, 0.717) is 5.56 Å². The van der Waals surface area contributed by atoms with Crippen LogP contribution in [0.2, 0.25) is 0 Å². The highest BCUT2D eigenvalue weighted by Gasteiger charge is 2.42. The molecule has 1 aromatic rings. The minimum atomic E-state index is -3.64. The van der Waals surface area contributed by atoms with Crippen molar-refractivity contribution in [3.63, 3.8) is 0 Å². The van der Waals surface area contributed by atoms with E-state index in [-0.39, 0.29) is 31.9 Å². The van der Waals surface area contributed by atoms with E-state index in [1.165, 1.54) is 12.1 Å². The molecule has 1 atom stereocenters. The normalized spacial score (nSPS) is 16.0. The van der Waals surface area contributed by atoms with Gasteiger partial charge in [-0.25, -0.2) is 4.79 Å². The molecule has 1 aromatic carbocycles. The number of alkyl halides is 2. The lowest BCUT2D eigenvalue weighted by Gasteiger charge is -2.30. The van der Waals surface area contributed by atoms with Crippen LogP contribution in [-0.2, 0) is 19.1 Å². The van der Waals surface area contributed by atoms with Gasteiger partial charge in [0.25, 0.3) is 5.91 Å². The Morgan fingerprint density at radius 3 is 2.50 bits per heavy atom. The number of aliphatic hydroxyl groups is 1. The minimum absolute atomic E-state index is 0.110. The molecule has 0 bridgehead atoms. The Labute approximate surface area is 150 Å². The van der Waals surface area contributed by atoms with Gasteiger partial charge in [-0.1, -0.05) is 36.9 Å². The Hall–Kier alpha value is -2.32. The number of nitrogens with zero attached hydrogens (tertiary/aromatic N) is 1. The van der Waals surface area contributed by atoms with Crippen LogP contribution in [0.15, 0.2) is 42.5 Å². The van der Waals surface area contributed by atoms with E-state index in [1.807, 2.05) is 0 Å². The Kier molecular flexibility index (Phi) is 6.82. The number of carbonyl (C=O) groups excluding carboxylic acids is 2. The van der Waals surface area contributed by atoms with Crippen LogP contribution in [0.5, 0.6) is 0 Å². The van der Waals surface area contributed by atoms with Crippen LogP contribution in [-0.4, -0.2) is 60.7 Å². The Balaban J connectivity index is 1.83. The van der Waals surface area contributed by atoms with Crippen molar-refractivity contribution in [2.75, 3.05) is 32.9 Å². The predicted octanol–water partition coefficient (Wildman–Crippen LogP) is 1.70. The molecule has 0 aliphatic carbocycles. The number of hydrogen-bond acceptors (Lipinski definition) is 5. The SMILES string of the molecule is C=C(COC(=O)[C@@H](O)c1ccccc1)CC(F)(F)C(=O)N1CCOCC1. The van der Waals surface area contributed by atoms with Crippen molar-refractivity contribution < 1.29 is 33.0 Å². The summed E-state index contributed by atoms with van der Waals surface area (Å²) in [7, 11) is 0. The topological polar surface area (TPSA) is 76.1 Å². The lowest BCUT2D eigenvalue weighted by atomic mass is 10.1. The number of hydrogen-bond donors (Lipinski definition) is 1. The summed E-state index contributed by atoms with van der Waals surface area (Å²) in [6.07, 6.45) is -2.45. The molecule has 6 nitrogen and oxygen atoms in total. The molecule has 1 aliphatic rings. The second kappa shape index (κ2) is 8.86. The van der Waals surface area contributed by atoms with Gasteiger partial charge in [0.15, 0.2) is 6.10 Å². The third-order valence-corrected chi connectivity index (χ3v) is 3.84. The summed E-state index contributed by atoms with van der Waals surface area (Å²) < 4.78 is 38.1. The van der Waals surface area contributed by atoms with Crippen LogP contribution in [0.4, 0.5) is 8.78 Å². The van der Waals surface area contributed by atoms with Gasteiger partial charge in [-0.2, -0.15) is 8.78 Å². The molecule has 0 radical (unpaired) electrons. The largest absolute Gasteiger partial charge is 0.459 e. The number of esters is 1. The van der Waals surface area contributed by atoms with Gasteiger partial charge in [-0.3, -0.25) is 4.79 Å². The standard InChI is InChI=1S/C18H21F2NO5/c1-13(11-18(19,20)17(24)21-7-9-25-10-8-21)12-26-16(23)15(22)14-5-3-2-4-6-14/h2-6,15,22H,1,7-12H2/t15-/m0/s1. The molecule has 1 amide bonds. The zero-order valence-electron chi connectivity index (χ0n) is 14.2. The van der Waals surface area contributed by atoms with E-state index >= 15 is 0 Å². The maximum Gasteiger partial charge on any atom is 0.339 e. The third-order valence-electron chi connectivity index (χ3n) is 3.84. The second-order valence-corrected chi connectivity index (χ2v) is 5.96. The van der Waals surface area contributed by atoms with Crippen LogP contribution in [0.3, 0.4) is 0 Å². The first-order chi connectivity index (χ1) is 12.3. The van der Waals surface area contributed by atoms with E-state index < -0.39 is 36.9 Å². The van der Waals surface area contributed by atoms with Gasteiger partial charge in [0, 0.05) is 19.5 Å². The van der Waals surface area contributed by atoms with E-state index in [0.717, 1.165) is 4.90 Å². The van der Waals surface area contributed by atoms with E-state index in [1.54, 1.807) is 18.2 Å². The Bertz CT molecular complexity index is 644. The van der Waals surface area contributed by atoms with Crippen molar-refractivity contribution in [1.29, 1.82) is 0 Å². The van der Waals surface area contributed by atoms with Gasteiger partial charge in [-0.05, 0) is 11.1 Å². The quantitative estimate of drug-likeness (QED) is 0.585. The number of aliphatic hydroxyl groups excluding tert-OH is 1. The summed E-state index contributed by atoms with van der Waals surface area (Å²) in [6, 6.07) is 8.08. The van der Waals surface area contributed by atoms with E-state index in [2.05, 4.69) is 6.58 Å². The van der Waals surface area contributed by atoms with E-state index in [4.69, 9.17) is 9.47 Å². The first-order valence-corrected chi connectivity index (χ1v) is 8.12. The molecule has 142 valence electrons. The van der Waals surface area contributed by atoms with E-state index in [9.17, 15) is 23.5 Å². The highest BCUT2D eigenvalue weighted by molar-refractivity contribution is 5.84. The van der Waals surface area contributed by atoms with Crippen LogP contribution < -0.4 is 0 Å². The fourth-order valence-corrected chi connectivity index (χ4v) is 2.46. The first-order valence-electron chi connectivity index (χ1n) is 8.12. The molecular formula is C18H21F2NO5. The van der Waals surface area contributed by atoms with Crippen LogP contribution in [0.1, 0.15) is 18.1 Å². The number of benzene rings is 1. The van der Waals surface area contributed by atoms with Crippen molar-refractivity contribution in [3.05, 3.63) is 48.0 Å². The molecule has 0 aromatic heterocycles. The highest BCUT2D eigenvalue weighted by Crippen LogP contribution is 2.26. The smallest absolute Gasteiger partial charge is 0.339 e. The fraction of sp³-hybridized carbons (Fsp3) is 0.444. The predicted molar refractivity (Wildman–Crippen MR) is 88.5 cm³/mol. The molecule has 0 saturated carbocycles. The molecule has 26 heavy (non-hydrogen) atoms.